The molecule has 3 saturated heterocycles. The number of rotatable bonds is 7. The van der Waals surface area contributed by atoms with Gasteiger partial charge in [-0.25, -0.2) is 0 Å². The average Bonchev–Trinajstić information content (AvgIpc) is 3.29. The third-order valence-corrected chi connectivity index (χ3v) is 9.18. The van der Waals surface area contributed by atoms with Crippen molar-refractivity contribution >= 4 is 29.4 Å². The fraction of sp³-hybridized carbons (Fsp3) is 0.533. The lowest BCUT2D eigenvalue weighted by atomic mass is 9.88. The van der Waals surface area contributed by atoms with E-state index in [1.165, 1.54) is 18.4 Å². The quantitative estimate of drug-likeness (QED) is 0.486. The summed E-state index contributed by atoms with van der Waals surface area (Å²) in [6, 6.07) is 9.01. The van der Waals surface area contributed by atoms with E-state index in [-0.39, 0.29) is 29.8 Å². The second-order valence-electron chi connectivity index (χ2n) is 11.9. The Bertz CT molecular complexity index is 1330. The van der Waals surface area contributed by atoms with Crippen LogP contribution in [0.5, 0.6) is 0 Å². The van der Waals surface area contributed by atoms with Gasteiger partial charge in [0.25, 0.3) is 11.8 Å². The zero-order valence-electron chi connectivity index (χ0n) is 23.3. The van der Waals surface area contributed by atoms with E-state index in [1.54, 1.807) is 11.0 Å². The van der Waals surface area contributed by atoms with E-state index in [1.807, 2.05) is 12.1 Å². The summed E-state index contributed by atoms with van der Waals surface area (Å²) in [6.45, 7) is 5.65. The van der Waals surface area contributed by atoms with Crippen LogP contribution in [0.1, 0.15) is 70.5 Å². The molecule has 0 aliphatic carbocycles. The van der Waals surface area contributed by atoms with Crippen molar-refractivity contribution in [1.82, 2.24) is 25.3 Å². The van der Waals surface area contributed by atoms with Crippen molar-refractivity contribution in [2.75, 3.05) is 37.6 Å². The van der Waals surface area contributed by atoms with Crippen molar-refractivity contribution in [2.24, 2.45) is 17.6 Å². The summed E-state index contributed by atoms with van der Waals surface area (Å²) in [5.74, 6) is 0.774. The van der Waals surface area contributed by atoms with Crippen LogP contribution in [0.3, 0.4) is 0 Å². The first kappa shape index (κ1) is 27.3. The number of hydrogen-bond acceptors (Lipinski definition) is 8. The number of piperidine rings is 3. The number of nitrogens with one attached hydrogen (secondary N) is 1. The Labute approximate surface area is 239 Å². The molecule has 3 fully saturated rings. The fourth-order valence-corrected chi connectivity index (χ4v) is 6.80. The number of nitrogens with zero attached hydrogens (tertiary/aromatic N) is 5. The molecule has 1 aromatic carbocycles. The summed E-state index contributed by atoms with van der Waals surface area (Å²) >= 11 is 0. The molecule has 0 bridgehead atoms. The second kappa shape index (κ2) is 11.6. The lowest BCUT2D eigenvalue weighted by molar-refractivity contribution is -0.136. The smallest absolute Gasteiger partial charge is 0.269 e. The highest BCUT2D eigenvalue weighted by Crippen LogP contribution is 2.31. The molecule has 0 saturated carbocycles. The maximum Gasteiger partial charge on any atom is 0.269 e. The predicted octanol–water partition coefficient (Wildman–Crippen LogP) is 1.51. The third-order valence-electron chi connectivity index (χ3n) is 9.18. The van der Waals surface area contributed by atoms with Gasteiger partial charge in [-0.05, 0) is 92.8 Å². The molecule has 216 valence electrons. The van der Waals surface area contributed by atoms with E-state index >= 15 is 0 Å². The molecule has 4 aliphatic heterocycles. The monoisotopic (exact) mass is 559 g/mol. The molecule has 1 aromatic heterocycles. The van der Waals surface area contributed by atoms with Crippen LogP contribution in [0.4, 0.5) is 5.82 Å². The summed E-state index contributed by atoms with van der Waals surface area (Å²) in [5, 5.41) is 10.5. The molecule has 6 rings (SSSR count). The highest BCUT2D eigenvalue weighted by Gasteiger charge is 2.39. The molecule has 5 heterocycles. The van der Waals surface area contributed by atoms with Gasteiger partial charge in [-0.3, -0.25) is 24.5 Å². The molecule has 0 radical (unpaired) electrons. The molecule has 41 heavy (non-hydrogen) atoms. The molecule has 4 aliphatic rings. The molecule has 0 spiro atoms. The van der Waals surface area contributed by atoms with Crippen LogP contribution in [-0.4, -0.2) is 82.4 Å². The minimum atomic E-state index is -0.573. The predicted molar refractivity (Wildman–Crippen MR) is 151 cm³/mol. The zero-order chi connectivity index (χ0) is 28.5. The molecule has 3 N–H and O–H groups in total. The van der Waals surface area contributed by atoms with E-state index in [2.05, 4.69) is 37.4 Å². The molecular weight excluding hydrogens is 522 g/mol. The van der Waals surface area contributed by atoms with Crippen molar-refractivity contribution in [3.8, 4) is 0 Å². The van der Waals surface area contributed by atoms with Crippen molar-refractivity contribution in [2.45, 2.75) is 57.5 Å². The number of fused-ring (bicyclic) bond motifs is 1. The van der Waals surface area contributed by atoms with Crippen molar-refractivity contribution in [3.05, 3.63) is 52.7 Å². The summed E-state index contributed by atoms with van der Waals surface area (Å²) in [5.41, 5.74) is 8.36. The van der Waals surface area contributed by atoms with Crippen molar-refractivity contribution in [3.63, 3.8) is 0 Å². The Morgan fingerprint density at radius 3 is 2.37 bits per heavy atom. The number of likely N-dealkylation sites (tertiary alicyclic amines) is 1. The Balaban J connectivity index is 0.952. The van der Waals surface area contributed by atoms with Crippen LogP contribution >= 0.6 is 0 Å². The number of benzene rings is 1. The van der Waals surface area contributed by atoms with Gasteiger partial charge in [-0.2, -0.15) is 0 Å². The van der Waals surface area contributed by atoms with Gasteiger partial charge >= 0.3 is 0 Å². The maximum atomic E-state index is 13.0. The van der Waals surface area contributed by atoms with Crippen molar-refractivity contribution < 1.29 is 19.2 Å². The number of amides is 4. The van der Waals surface area contributed by atoms with Gasteiger partial charge in [0.15, 0.2) is 11.5 Å². The van der Waals surface area contributed by atoms with Gasteiger partial charge < -0.3 is 20.4 Å². The summed E-state index contributed by atoms with van der Waals surface area (Å²) in [7, 11) is 0. The highest BCUT2D eigenvalue weighted by atomic mass is 16.2. The lowest BCUT2D eigenvalue weighted by Crippen LogP contribution is -2.52. The summed E-state index contributed by atoms with van der Waals surface area (Å²) in [6.07, 6.45) is 6.21. The molecular formula is C30H37N7O4. The van der Waals surface area contributed by atoms with Crippen LogP contribution < -0.4 is 16.0 Å². The van der Waals surface area contributed by atoms with Gasteiger partial charge in [0.1, 0.15) is 6.04 Å². The van der Waals surface area contributed by atoms with E-state index in [4.69, 9.17) is 5.73 Å². The number of anilines is 1. The fourth-order valence-electron chi connectivity index (χ4n) is 6.80. The number of aromatic nitrogens is 2. The molecule has 11 heteroatoms. The highest BCUT2D eigenvalue weighted by molar-refractivity contribution is 6.05. The molecule has 4 amide bonds. The van der Waals surface area contributed by atoms with Crippen LogP contribution in [-0.2, 0) is 22.6 Å². The number of imide groups is 1. The number of primary amides is 1. The van der Waals surface area contributed by atoms with E-state index in [0.717, 1.165) is 63.4 Å². The topological polar surface area (TPSA) is 142 Å². The Morgan fingerprint density at radius 2 is 1.68 bits per heavy atom. The van der Waals surface area contributed by atoms with Gasteiger partial charge in [0.2, 0.25) is 11.8 Å². The van der Waals surface area contributed by atoms with Crippen LogP contribution in [0.15, 0.2) is 30.3 Å². The largest absolute Gasteiger partial charge is 0.364 e. The lowest BCUT2D eigenvalue weighted by Gasteiger charge is -2.38. The first-order valence-electron chi connectivity index (χ1n) is 14.7. The van der Waals surface area contributed by atoms with Crippen LogP contribution in [0.2, 0.25) is 0 Å². The number of carbonyl (C=O) groups excluding carboxylic acids is 4. The molecule has 1 unspecified atom stereocenters. The molecule has 2 aromatic rings. The Kier molecular flexibility index (Phi) is 7.70. The van der Waals surface area contributed by atoms with Crippen molar-refractivity contribution in [1.29, 1.82) is 0 Å². The van der Waals surface area contributed by atoms with Gasteiger partial charge in [-0.1, -0.05) is 12.1 Å². The first-order valence-corrected chi connectivity index (χ1v) is 14.7. The zero-order valence-corrected chi connectivity index (χ0v) is 23.3. The third kappa shape index (κ3) is 5.95. The van der Waals surface area contributed by atoms with Gasteiger partial charge in [-0.15, -0.1) is 10.2 Å². The Hall–Kier alpha value is -3.86. The van der Waals surface area contributed by atoms with Crippen LogP contribution in [0.25, 0.3) is 0 Å². The number of nitrogens with two attached hydrogens (primary N) is 1. The van der Waals surface area contributed by atoms with Gasteiger partial charge in [0, 0.05) is 38.2 Å². The standard InChI is InChI=1S/C30H37N7O4/c31-28(39)24-3-5-26(34-33-24)36-13-9-20(10-14-36)17-35-11-7-19(8-12-35)15-21-1-2-23-22(16-21)18-37(30(23)41)25-4-6-27(38)32-29(25)40/h1-3,5,16,19-20,25H,4,6-15,17-18H2,(H2,31,39)(H,32,38,40). The number of hydrogen-bond donors (Lipinski definition) is 2. The first-order chi connectivity index (χ1) is 19.8. The second-order valence-corrected chi connectivity index (χ2v) is 11.9. The SMILES string of the molecule is NC(=O)c1ccc(N2CCC(CN3CCC(Cc4ccc5c(c4)CN(C4CCC(=O)NC4=O)C5=O)CC3)CC2)nn1. The number of carbonyl (C=O) groups is 4. The van der Waals surface area contributed by atoms with E-state index < -0.39 is 11.9 Å². The van der Waals surface area contributed by atoms with E-state index in [0.29, 0.717) is 30.4 Å². The summed E-state index contributed by atoms with van der Waals surface area (Å²) in [4.78, 5) is 54.5. The molecule has 11 nitrogen and oxygen atoms in total. The minimum Gasteiger partial charge on any atom is -0.364 e. The Morgan fingerprint density at radius 1 is 0.927 bits per heavy atom. The normalized spacial score (nSPS) is 22.6. The average molecular weight is 560 g/mol. The van der Waals surface area contributed by atoms with E-state index in [9.17, 15) is 19.2 Å². The summed E-state index contributed by atoms with van der Waals surface area (Å²) < 4.78 is 0. The maximum absolute atomic E-state index is 13.0. The van der Waals surface area contributed by atoms with Crippen LogP contribution in [0, 0.1) is 11.8 Å². The van der Waals surface area contributed by atoms with Gasteiger partial charge in [0.05, 0.1) is 0 Å². The molecule has 1 atom stereocenters. The minimum absolute atomic E-state index is 0.117.